The Balaban J connectivity index is 3.65. The van der Waals surface area contributed by atoms with Gasteiger partial charge in [0, 0.05) is 34.6 Å². The van der Waals surface area contributed by atoms with Gasteiger partial charge in [-0.3, -0.25) is 24.0 Å². The largest absolute Gasteiger partial charge is 0.463 e. The average molecular weight is 430 g/mol. The van der Waals surface area contributed by atoms with Crippen molar-refractivity contribution in [2.75, 3.05) is 6.61 Å². The van der Waals surface area contributed by atoms with Crippen LogP contribution in [0.25, 0.3) is 10.4 Å². The Kier molecular flexibility index (Phi) is 8.56. The molecule has 1 saturated heterocycles. The summed E-state index contributed by atoms with van der Waals surface area (Å²) in [4.78, 5) is 61.4. The summed E-state index contributed by atoms with van der Waals surface area (Å²) in [6.45, 7) is 4.64. The van der Waals surface area contributed by atoms with Crippen LogP contribution < -0.4 is 5.43 Å². The molecule has 1 fully saturated rings. The number of carbonyl (C=O) groups excluding carboxylic acids is 5. The smallest absolute Gasteiger partial charge is 0.318 e. The lowest BCUT2D eigenvalue weighted by molar-refractivity contribution is -0.310. The Hall–Kier alpha value is -3.38. The fraction of sp³-hybridized carbons (Fsp3) is 0.688. The number of nitrogens with zero attached hydrogens (tertiary/aromatic N) is 3. The molecule has 5 atom stereocenters. The molecule has 1 aliphatic heterocycles. The summed E-state index contributed by atoms with van der Waals surface area (Å²) in [5.74, 6) is -6.72. The van der Waals surface area contributed by atoms with E-state index in [-0.39, 0.29) is 0 Å². The standard InChI is InChI=1S/C16H22N4O10/c1-7(21)16(29-11(5)25)15(18-20-19-17)14(28-10(4)24)13(27-9(3)23)12(30-16)6-26-8(2)22/h12-15,18H,6H2,1-5H3/t12-,13-,14+,15-,16?/m1/s1. The second-order valence-corrected chi connectivity index (χ2v) is 6.22. The van der Waals surface area contributed by atoms with Gasteiger partial charge in [-0.05, 0) is 5.22 Å². The van der Waals surface area contributed by atoms with Crippen molar-refractivity contribution >= 4 is 29.7 Å². The molecule has 0 saturated carbocycles. The minimum Gasteiger partial charge on any atom is -0.463 e. The summed E-state index contributed by atoms with van der Waals surface area (Å²) in [7, 11) is 0. The lowest BCUT2D eigenvalue weighted by Gasteiger charge is -2.47. The first kappa shape index (κ1) is 24.7. The maximum absolute atomic E-state index is 12.5. The molecule has 1 heterocycles. The van der Waals surface area contributed by atoms with Crippen molar-refractivity contribution in [1.29, 1.82) is 0 Å². The van der Waals surface area contributed by atoms with E-state index in [4.69, 9.17) is 29.2 Å². The van der Waals surface area contributed by atoms with Crippen LogP contribution in [-0.2, 0) is 47.7 Å². The van der Waals surface area contributed by atoms with E-state index in [1.54, 1.807) is 0 Å². The number of ketones is 1. The predicted molar refractivity (Wildman–Crippen MR) is 93.9 cm³/mol. The normalized spacial score (nSPS) is 27.6. The first-order valence-electron chi connectivity index (χ1n) is 8.60. The number of esters is 4. The van der Waals surface area contributed by atoms with Crippen molar-refractivity contribution in [3.05, 3.63) is 10.4 Å². The Bertz CT molecular complexity index is 765. The minimum absolute atomic E-state index is 0.546. The highest BCUT2D eigenvalue weighted by atomic mass is 16.7. The number of nitrogens with one attached hydrogen (secondary N) is 1. The molecule has 1 aliphatic rings. The molecule has 30 heavy (non-hydrogen) atoms. The first-order chi connectivity index (χ1) is 13.9. The van der Waals surface area contributed by atoms with Crippen molar-refractivity contribution in [2.45, 2.75) is 64.8 Å². The zero-order valence-electron chi connectivity index (χ0n) is 16.9. The van der Waals surface area contributed by atoms with Gasteiger partial charge in [-0.25, -0.2) is 5.43 Å². The van der Waals surface area contributed by atoms with Gasteiger partial charge in [0.1, 0.15) is 12.7 Å². The Morgan fingerprint density at radius 3 is 1.97 bits per heavy atom. The van der Waals surface area contributed by atoms with Crippen LogP contribution in [-0.4, -0.2) is 66.4 Å². The minimum atomic E-state index is -2.47. The summed E-state index contributed by atoms with van der Waals surface area (Å²) in [5.41, 5.74) is 10.9. The number of Topliss-reactive ketones (excluding diaryl/α,β-unsaturated/α-hetero) is 1. The predicted octanol–water partition coefficient (Wildman–Crippen LogP) is -0.156. The lowest BCUT2D eigenvalue weighted by Crippen LogP contribution is -2.73. The highest BCUT2D eigenvalue weighted by Gasteiger charge is 2.65. The third-order valence-corrected chi connectivity index (χ3v) is 3.84. The van der Waals surface area contributed by atoms with E-state index in [0.29, 0.717) is 0 Å². The van der Waals surface area contributed by atoms with Gasteiger partial charge in [0.2, 0.25) is 11.8 Å². The second-order valence-electron chi connectivity index (χ2n) is 6.22. The summed E-state index contributed by atoms with van der Waals surface area (Å²) in [5, 5.41) is 3.14. The van der Waals surface area contributed by atoms with Crippen LogP contribution >= 0.6 is 0 Å². The molecule has 14 heteroatoms. The topological polar surface area (TPSA) is 192 Å². The molecule has 14 nitrogen and oxygen atoms in total. The molecule has 1 unspecified atom stereocenters. The SMILES string of the molecule is CC(=O)OC[C@H]1OC(OC(C)=O)(C(C)=O)[C@H](NN=[N+]=[N-])[C@@H](OC(C)=O)[C@@H]1OC(C)=O. The number of hydrogen-bond acceptors (Lipinski definition) is 11. The third-order valence-electron chi connectivity index (χ3n) is 3.84. The van der Waals surface area contributed by atoms with Crippen LogP contribution in [0, 0.1) is 0 Å². The van der Waals surface area contributed by atoms with Gasteiger partial charge < -0.3 is 23.7 Å². The van der Waals surface area contributed by atoms with E-state index in [1.807, 2.05) is 0 Å². The Morgan fingerprint density at radius 2 is 1.53 bits per heavy atom. The number of rotatable bonds is 8. The average Bonchev–Trinajstić information content (AvgIpc) is 2.60. The molecule has 0 aromatic heterocycles. The van der Waals surface area contributed by atoms with Crippen LogP contribution in [0.5, 0.6) is 0 Å². The van der Waals surface area contributed by atoms with Crippen molar-refractivity contribution in [1.82, 2.24) is 5.43 Å². The molecule has 0 aromatic carbocycles. The van der Waals surface area contributed by atoms with E-state index < -0.39 is 66.4 Å². The van der Waals surface area contributed by atoms with E-state index >= 15 is 0 Å². The quantitative estimate of drug-likeness (QED) is 0.134. The zero-order valence-corrected chi connectivity index (χ0v) is 16.9. The van der Waals surface area contributed by atoms with E-state index in [2.05, 4.69) is 15.6 Å². The molecule has 0 aliphatic carbocycles. The van der Waals surface area contributed by atoms with Crippen LogP contribution in [0.3, 0.4) is 0 Å². The number of carbonyl (C=O) groups is 5. The fourth-order valence-corrected chi connectivity index (χ4v) is 2.89. The van der Waals surface area contributed by atoms with Gasteiger partial charge >= 0.3 is 29.7 Å². The van der Waals surface area contributed by atoms with E-state index in [1.165, 1.54) is 0 Å². The maximum atomic E-state index is 12.5. The van der Waals surface area contributed by atoms with E-state index in [0.717, 1.165) is 34.6 Å². The highest BCUT2D eigenvalue weighted by Crippen LogP contribution is 2.36. The Labute approximate surface area is 170 Å². The van der Waals surface area contributed by atoms with Gasteiger partial charge in [0.25, 0.3) is 0 Å². The monoisotopic (exact) mass is 430 g/mol. The molecule has 0 spiro atoms. The first-order valence-corrected chi connectivity index (χ1v) is 8.60. The molecular weight excluding hydrogens is 408 g/mol. The van der Waals surface area contributed by atoms with Gasteiger partial charge in [-0.15, -0.1) is 5.53 Å². The molecule has 0 amide bonds. The maximum Gasteiger partial charge on any atom is 0.318 e. The summed E-state index contributed by atoms with van der Waals surface area (Å²) < 4.78 is 26.1. The van der Waals surface area contributed by atoms with Gasteiger partial charge in [-0.2, -0.15) is 4.91 Å². The molecule has 166 valence electrons. The van der Waals surface area contributed by atoms with Crippen molar-refractivity contribution < 1.29 is 47.7 Å². The molecular formula is C16H22N4O10. The molecule has 1 rings (SSSR count). The Morgan fingerprint density at radius 1 is 0.967 bits per heavy atom. The van der Waals surface area contributed by atoms with Crippen LogP contribution in [0.15, 0.2) is 5.22 Å². The van der Waals surface area contributed by atoms with E-state index in [9.17, 15) is 24.0 Å². The fourth-order valence-electron chi connectivity index (χ4n) is 2.89. The zero-order chi connectivity index (χ0) is 23.1. The summed E-state index contributed by atoms with van der Waals surface area (Å²) >= 11 is 0. The second kappa shape index (κ2) is 10.4. The van der Waals surface area contributed by atoms with Crippen LogP contribution in [0.4, 0.5) is 0 Å². The summed E-state index contributed by atoms with van der Waals surface area (Å²) in [6.07, 6.45) is -4.37. The van der Waals surface area contributed by atoms with Crippen LogP contribution in [0.1, 0.15) is 34.6 Å². The molecule has 0 radical (unpaired) electrons. The third kappa shape index (κ3) is 6.06. The van der Waals surface area contributed by atoms with Crippen molar-refractivity contribution in [2.24, 2.45) is 5.22 Å². The van der Waals surface area contributed by atoms with Gasteiger partial charge in [0.15, 0.2) is 12.2 Å². The number of hydrogen-bond donors (Lipinski definition) is 1. The van der Waals surface area contributed by atoms with Crippen molar-refractivity contribution in [3.8, 4) is 0 Å². The van der Waals surface area contributed by atoms with Gasteiger partial charge in [0.05, 0.1) is 0 Å². The number of ether oxygens (including phenoxy) is 5. The summed E-state index contributed by atoms with van der Waals surface area (Å²) in [6, 6.07) is -1.61. The molecule has 0 bridgehead atoms. The van der Waals surface area contributed by atoms with Crippen LogP contribution in [0.2, 0.25) is 0 Å². The number of azide groups is 1. The van der Waals surface area contributed by atoms with Gasteiger partial charge in [-0.1, -0.05) is 0 Å². The molecule has 0 aromatic rings. The lowest BCUT2D eigenvalue weighted by atomic mass is 9.87. The van der Waals surface area contributed by atoms with Crippen molar-refractivity contribution in [3.63, 3.8) is 0 Å². The molecule has 1 N–H and O–H groups in total. The highest BCUT2D eigenvalue weighted by molar-refractivity contribution is 5.87.